The van der Waals surface area contributed by atoms with Gasteiger partial charge in [-0.05, 0) is 30.3 Å². The fraction of sp³-hybridized carbons (Fsp3) is 0. The van der Waals surface area contributed by atoms with E-state index in [0.717, 1.165) is 27.7 Å². The van der Waals surface area contributed by atoms with Gasteiger partial charge >= 0.3 is 0 Å². The van der Waals surface area contributed by atoms with Crippen molar-refractivity contribution in [3.05, 3.63) is 71.9 Å². The number of pyridine rings is 1. The predicted octanol–water partition coefficient (Wildman–Crippen LogP) is 3.22. The van der Waals surface area contributed by atoms with Gasteiger partial charge in [0.25, 0.3) is 0 Å². The van der Waals surface area contributed by atoms with Crippen molar-refractivity contribution in [2.24, 2.45) is 0 Å². The fourth-order valence-electron chi connectivity index (χ4n) is 1.96. The van der Waals surface area contributed by atoms with Gasteiger partial charge in [0.05, 0.1) is 11.1 Å². The number of rotatable bonds is 0. The molecule has 19 heavy (non-hydrogen) atoms. The number of nitrogens with two attached hydrogens (primary N) is 1. The first-order valence-electron chi connectivity index (χ1n) is 6.04. The molecule has 3 rings (SSSR count). The first-order valence-corrected chi connectivity index (χ1v) is 6.04. The minimum atomic E-state index is 0.725. The molecule has 0 aliphatic carbocycles. The third-order valence-electron chi connectivity index (χ3n) is 2.86. The molecular formula is C17H12N2. The van der Waals surface area contributed by atoms with Gasteiger partial charge in [-0.25, -0.2) is 0 Å². The number of hydrogen-bond donors (Lipinski definition) is 1. The molecule has 0 saturated heterocycles. The molecule has 0 fully saturated rings. The molecule has 0 bridgehead atoms. The Labute approximate surface area is 111 Å². The van der Waals surface area contributed by atoms with Crippen LogP contribution in [0.25, 0.3) is 10.9 Å². The summed E-state index contributed by atoms with van der Waals surface area (Å²) in [6, 6.07) is 17.5. The molecule has 0 aliphatic heterocycles. The zero-order chi connectivity index (χ0) is 13.1. The summed E-state index contributed by atoms with van der Waals surface area (Å²) in [6.07, 6.45) is 1.79. The van der Waals surface area contributed by atoms with Gasteiger partial charge in [-0.2, -0.15) is 0 Å². The molecule has 0 aliphatic rings. The lowest BCUT2D eigenvalue weighted by atomic mass is 10.1. The Balaban J connectivity index is 2.07. The highest BCUT2D eigenvalue weighted by molar-refractivity contribution is 5.84. The van der Waals surface area contributed by atoms with Crippen LogP contribution < -0.4 is 5.73 Å². The Hall–Kier alpha value is -2.79. The van der Waals surface area contributed by atoms with Crippen molar-refractivity contribution in [3.63, 3.8) is 0 Å². The molecule has 0 amide bonds. The van der Waals surface area contributed by atoms with Crippen molar-refractivity contribution >= 4 is 16.6 Å². The van der Waals surface area contributed by atoms with Gasteiger partial charge in [-0.15, -0.1) is 0 Å². The normalized spacial score (nSPS) is 9.89. The Morgan fingerprint density at radius 2 is 1.74 bits per heavy atom. The summed E-state index contributed by atoms with van der Waals surface area (Å²) in [5, 5.41) is 1.10. The fourth-order valence-corrected chi connectivity index (χ4v) is 1.96. The topological polar surface area (TPSA) is 38.9 Å². The Morgan fingerprint density at radius 3 is 2.63 bits per heavy atom. The number of para-hydroxylation sites is 1. The highest BCUT2D eigenvalue weighted by Gasteiger charge is 1.97. The van der Waals surface area contributed by atoms with Gasteiger partial charge in [0.2, 0.25) is 0 Å². The summed E-state index contributed by atoms with van der Waals surface area (Å²) in [5.41, 5.74) is 9.24. The second kappa shape index (κ2) is 4.83. The maximum absolute atomic E-state index is 5.74. The van der Waals surface area contributed by atoms with Gasteiger partial charge in [-0.1, -0.05) is 36.1 Å². The van der Waals surface area contributed by atoms with Crippen molar-refractivity contribution in [1.29, 1.82) is 0 Å². The van der Waals surface area contributed by atoms with E-state index < -0.39 is 0 Å². The van der Waals surface area contributed by atoms with Crippen LogP contribution in [-0.2, 0) is 0 Å². The maximum Gasteiger partial charge on any atom is 0.0858 e. The summed E-state index contributed by atoms with van der Waals surface area (Å²) < 4.78 is 0. The SMILES string of the molecule is Nc1cccc(C#Cc2cccc3cccnc23)c1. The molecule has 0 spiro atoms. The highest BCUT2D eigenvalue weighted by atomic mass is 14.6. The monoisotopic (exact) mass is 244 g/mol. The summed E-state index contributed by atoms with van der Waals surface area (Å²) in [6.45, 7) is 0. The largest absolute Gasteiger partial charge is 0.399 e. The molecule has 90 valence electrons. The summed E-state index contributed by atoms with van der Waals surface area (Å²) in [7, 11) is 0. The summed E-state index contributed by atoms with van der Waals surface area (Å²) in [5.74, 6) is 6.29. The van der Waals surface area contributed by atoms with E-state index in [-0.39, 0.29) is 0 Å². The number of benzene rings is 2. The standard InChI is InChI=1S/C17H12N2/c18-16-8-1-4-13(12-16)9-10-15-6-2-5-14-7-3-11-19-17(14)15/h1-8,11-12H,18H2. The van der Waals surface area contributed by atoms with E-state index in [0.29, 0.717) is 0 Å². The smallest absolute Gasteiger partial charge is 0.0858 e. The van der Waals surface area contributed by atoms with Crippen molar-refractivity contribution < 1.29 is 0 Å². The zero-order valence-corrected chi connectivity index (χ0v) is 10.3. The van der Waals surface area contributed by atoms with Crippen LogP contribution in [0.1, 0.15) is 11.1 Å². The Bertz CT molecular complexity index is 789. The third kappa shape index (κ3) is 2.41. The number of nitrogens with zero attached hydrogens (tertiary/aromatic N) is 1. The van der Waals surface area contributed by atoms with Gasteiger partial charge < -0.3 is 5.73 Å². The minimum absolute atomic E-state index is 0.725. The second-order valence-electron chi connectivity index (χ2n) is 4.26. The van der Waals surface area contributed by atoms with Crippen molar-refractivity contribution in [1.82, 2.24) is 4.98 Å². The number of fused-ring (bicyclic) bond motifs is 1. The van der Waals surface area contributed by atoms with Crippen LogP contribution in [0, 0.1) is 11.8 Å². The Morgan fingerprint density at radius 1 is 0.895 bits per heavy atom. The number of anilines is 1. The molecule has 1 aromatic heterocycles. The predicted molar refractivity (Wildman–Crippen MR) is 78.6 cm³/mol. The third-order valence-corrected chi connectivity index (χ3v) is 2.86. The van der Waals surface area contributed by atoms with E-state index in [1.54, 1.807) is 6.20 Å². The molecule has 0 saturated carbocycles. The maximum atomic E-state index is 5.74. The lowest BCUT2D eigenvalue weighted by molar-refractivity contribution is 1.40. The quantitative estimate of drug-likeness (QED) is 0.487. The molecule has 2 heteroatoms. The summed E-state index contributed by atoms with van der Waals surface area (Å²) in [4.78, 5) is 4.38. The van der Waals surface area contributed by atoms with Crippen LogP contribution in [0.2, 0.25) is 0 Å². The van der Waals surface area contributed by atoms with Crippen LogP contribution in [0.5, 0.6) is 0 Å². The van der Waals surface area contributed by atoms with E-state index in [1.807, 2.05) is 54.6 Å². The van der Waals surface area contributed by atoms with Gasteiger partial charge in [0, 0.05) is 22.8 Å². The molecule has 3 aromatic rings. The summed E-state index contributed by atoms with van der Waals surface area (Å²) >= 11 is 0. The number of aromatic nitrogens is 1. The van der Waals surface area contributed by atoms with Crippen molar-refractivity contribution in [2.45, 2.75) is 0 Å². The van der Waals surface area contributed by atoms with Crippen LogP contribution in [0.15, 0.2) is 60.8 Å². The molecule has 2 aromatic carbocycles. The van der Waals surface area contributed by atoms with Gasteiger partial charge in [0.15, 0.2) is 0 Å². The van der Waals surface area contributed by atoms with Crippen LogP contribution >= 0.6 is 0 Å². The molecule has 2 N–H and O–H groups in total. The molecule has 0 radical (unpaired) electrons. The first-order chi connectivity index (χ1) is 9.33. The Kier molecular flexibility index (Phi) is 2.88. The van der Waals surface area contributed by atoms with Gasteiger partial charge in [0.1, 0.15) is 0 Å². The van der Waals surface area contributed by atoms with E-state index >= 15 is 0 Å². The first kappa shape index (κ1) is 11.3. The number of nitrogen functional groups attached to an aromatic ring is 1. The zero-order valence-electron chi connectivity index (χ0n) is 10.3. The number of hydrogen-bond acceptors (Lipinski definition) is 2. The molecule has 1 heterocycles. The van der Waals surface area contributed by atoms with Crippen LogP contribution in [0.3, 0.4) is 0 Å². The van der Waals surface area contributed by atoms with E-state index in [9.17, 15) is 0 Å². The minimum Gasteiger partial charge on any atom is -0.399 e. The van der Waals surface area contributed by atoms with Crippen molar-refractivity contribution in [2.75, 3.05) is 5.73 Å². The molecule has 2 nitrogen and oxygen atoms in total. The lowest BCUT2D eigenvalue weighted by Gasteiger charge is -1.98. The average Bonchev–Trinajstić information content (AvgIpc) is 2.45. The van der Waals surface area contributed by atoms with Crippen LogP contribution in [-0.4, -0.2) is 4.98 Å². The molecular weight excluding hydrogens is 232 g/mol. The van der Waals surface area contributed by atoms with Crippen LogP contribution in [0.4, 0.5) is 5.69 Å². The van der Waals surface area contributed by atoms with E-state index in [2.05, 4.69) is 16.8 Å². The average molecular weight is 244 g/mol. The molecule has 0 atom stereocenters. The second-order valence-corrected chi connectivity index (χ2v) is 4.26. The molecule has 0 unspecified atom stereocenters. The van der Waals surface area contributed by atoms with E-state index in [1.165, 1.54) is 0 Å². The van der Waals surface area contributed by atoms with Gasteiger partial charge in [-0.3, -0.25) is 4.98 Å². The highest BCUT2D eigenvalue weighted by Crippen LogP contribution is 2.15. The van der Waals surface area contributed by atoms with Crippen molar-refractivity contribution in [3.8, 4) is 11.8 Å². The van der Waals surface area contributed by atoms with E-state index in [4.69, 9.17) is 5.73 Å². The lowest BCUT2D eigenvalue weighted by Crippen LogP contribution is -1.85.